The number of hydrogen-bond acceptors (Lipinski definition) is 4. The summed E-state index contributed by atoms with van der Waals surface area (Å²) >= 11 is 0. The van der Waals surface area contributed by atoms with Crippen LogP contribution in [0.1, 0.15) is 37.8 Å². The number of hydrogen-bond donors (Lipinski definition) is 2. The van der Waals surface area contributed by atoms with E-state index < -0.39 is 5.60 Å². The number of rotatable bonds is 10. The summed E-state index contributed by atoms with van der Waals surface area (Å²) in [6.07, 6.45) is 1.38. The zero-order chi connectivity index (χ0) is 15.7. The molecule has 0 spiro atoms. The van der Waals surface area contributed by atoms with E-state index in [4.69, 9.17) is 9.47 Å². The summed E-state index contributed by atoms with van der Waals surface area (Å²) in [6.45, 7) is 8.55. The maximum Gasteiger partial charge on any atom is 0.126 e. The number of benzene rings is 1. The van der Waals surface area contributed by atoms with E-state index in [1.165, 1.54) is 0 Å². The minimum absolute atomic E-state index is 0.329. The zero-order valence-electron chi connectivity index (χ0n) is 13.7. The lowest BCUT2D eigenvalue weighted by atomic mass is 9.99. The molecule has 1 aromatic rings. The highest BCUT2D eigenvalue weighted by molar-refractivity contribution is 5.40. The quantitative estimate of drug-likeness (QED) is 0.652. The lowest BCUT2D eigenvalue weighted by molar-refractivity contribution is -0.0118. The van der Waals surface area contributed by atoms with E-state index >= 15 is 0 Å². The fourth-order valence-corrected chi connectivity index (χ4v) is 2.12. The third-order valence-electron chi connectivity index (χ3n) is 3.89. The molecule has 4 nitrogen and oxygen atoms in total. The standard InChI is InChI=1S/C17H29NO3/c1-5-17(19,6-2)13-21-16-14(3)8-7-9-15(16)12-18-10-11-20-4/h7-9,18-19H,5-6,10-13H2,1-4H3. The van der Waals surface area contributed by atoms with Crippen LogP contribution < -0.4 is 10.1 Å². The van der Waals surface area contributed by atoms with Crippen molar-refractivity contribution in [3.8, 4) is 5.75 Å². The van der Waals surface area contributed by atoms with Gasteiger partial charge in [-0.15, -0.1) is 0 Å². The number of aliphatic hydroxyl groups is 1. The number of aryl methyl sites for hydroxylation is 1. The first kappa shape index (κ1) is 18.0. The van der Waals surface area contributed by atoms with E-state index in [-0.39, 0.29) is 0 Å². The van der Waals surface area contributed by atoms with Crippen LogP contribution in [0.5, 0.6) is 5.75 Å². The lowest BCUT2D eigenvalue weighted by Gasteiger charge is -2.26. The highest BCUT2D eigenvalue weighted by Gasteiger charge is 2.23. The van der Waals surface area contributed by atoms with Crippen LogP contribution in [0.15, 0.2) is 18.2 Å². The summed E-state index contributed by atoms with van der Waals surface area (Å²) < 4.78 is 11.0. The monoisotopic (exact) mass is 295 g/mol. The highest BCUT2D eigenvalue weighted by Crippen LogP contribution is 2.25. The molecular formula is C17H29NO3. The molecule has 1 rings (SSSR count). The highest BCUT2D eigenvalue weighted by atomic mass is 16.5. The van der Waals surface area contributed by atoms with Gasteiger partial charge in [-0.2, -0.15) is 0 Å². The van der Waals surface area contributed by atoms with Crippen LogP contribution >= 0.6 is 0 Å². The molecule has 0 bridgehead atoms. The topological polar surface area (TPSA) is 50.7 Å². The average molecular weight is 295 g/mol. The van der Waals surface area contributed by atoms with Crippen LogP contribution in [0.4, 0.5) is 0 Å². The second kappa shape index (κ2) is 9.03. The summed E-state index contributed by atoms with van der Waals surface area (Å²) in [6, 6.07) is 6.12. The van der Waals surface area contributed by atoms with Crippen LogP contribution in [0.25, 0.3) is 0 Å². The lowest BCUT2D eigenvalue weighted by Crippen LogP contribution is -2.34. The third-order valence-corrected chi connectivity index (χ3v) is 3.89. The van der Waals surface area contributed by atoms with Crippen molar-refractivity contribution in [3.63, 3.8) is 0 Å². The molecule has 4 heteroatoms. The summed E-state index contributed by atoms with van der Waals surface area (Å²) in [5, 5.41) is 13.7. The largest absolute Gasteiger partial charge is 0.490 e. The maximum atomic E-state index is 10.4. The van der Waals surface area contributed by atoms with E-state index in [0.717, 1.165) is 30.0 Å². The predicted molar refractivity (Wildman–Crippen MR) is 85.8 cm³/mol. The Morgan fingerprint density at radius 3 is 2.57 bits per heavy atom. The number of para-hydroxylation sites is 1. The van der Waals surface area contributed by atoms with Gasteiger partial charge < -0.3 is 19.9 Å². The minimum Gasteiger partial charge on any atom is -0.490 e. The average Bonchev–Trinajstić information content (AvgIpc) is 2.50. The van der Waals surface area contributed by atoms with Crippen LogP contribution in [-0.4, -0.2) is 37.6 Å². The van der Waals surface area contributed by atoms with Crippen molar-refractivity contribution in [1.29, 1.82) is 0 Å². The van der Waals surface area contributed by atoms with Gasteiger partial charge in [0.25, 0.3) is 0 Å². The van der Waals surface area contributed by atoms with Crippen molar-refractivity contribution < 1.29 is 14.6 Å². The van der Waals surface area contributed by atoms with E-state index in [9.17, 15) is 5.11 Å². The van der Waals surface area contributed by atoms with E-state index in [2.05, 4.69) is 11.4 Å². The van der Waals surface area contributed by atoms with Crippen LogP contribution in [0.3, 0.4) is 0 Å². The minimum atomic E-state index is -0.747. The zero-order valence-corrected chi connectivity index (χ0v) is 13.7. The van der Waals surface area contributed by atoms with Gasteiger partial charge in [0.05, 0.1) is 12.2 Å². The molecule has 0 unspecified atom stereocenters. The van der Waals surface area contributed by atoms with Crippen molar-refractivity contribution >= 4 is 0 Å². The van der Waals surface area contributed by atoms with E-state index in [0.29, 0.717) is 26.1 Å². The summed E-state index contributed by atoms with van der Waals surface area (Å²) in [5.41, 5.74) is 1.46. The molecule has 0 aromatic heterocycles. The van der Waals surface area contributed by atoms with Crippen LogP contribution in [0.2, 0.25) is 0 Å². The molecule has 0 fully saturated rings. The van der Waals surface area contributed by atoms with E-state index in [1.807, 2.05) is 32.9 Å². The molecular weight excluding hydrogens is 266 g/mol. The van der Waals surface area contributed by atoms with Gasteiger partial charge >= 0.3 is 0 Å². The molecule has 0 aliphatic rings. The van der Waals surface area contributed by atoms with Gasteiger partial charge in [0.1, 0.15) is 12.4 Å². The summed E-state index contributed by atoms with van der Waals surface area (Å²) in [4.78, 5) is 0. The van der Waals surface area contributed by atoms with Gasteiger partial charge in [0.15, 0.2) is 0 Å². The van der Waals surface area contributed by atoms with Gasteiger partial charge in [0.2, 0.25) is 0 Å². The molecule has 0 amide bonds. The van der Waals surface area contributed by atoms with Crippen molar-refractivity contribution in [2.75, 3.05) is 26.9 Å². The van der Waals surface area contributed by atoms with Gasteiger partial charge in [0, 0.05) is 25.8 Å². The molecule has 0 saturated heterocycles. The summed E-state index contributed by atoms with van der Waals surface area (Å²) in [7, 11) is 1.69. The molecule has 0 aliphatic heterocycles. The van der Waals surface area contributed by atoms with E-state index in [1.54, 1.807) is 7.11 Å². The molecule has 0 aliphatic carbocycles. The first-order valence-corrected chi connectivity index (χ1v) is 7.69. The number of nitrogens with one attached hydrogen (secondary N) is 1. The number of ether oxygens (including phenoxy) is 2. The molecule has 2 N–H and O–H groups in total. The van der Waals surface area contributed by atoms with Crippen LogP contribution in [0, 0.1) is 6.92 Å². The Hall–Kier alpha value is -1.10. The fourth-order valence-electron chi connectivity index (χ4n) is 2.12. The Kier molecular flexibility index (Phi) is 7.72. The molecule has 0 atom stereocenters. The van der Waals surface area contributed by atoms with Gasteiger partial charge in [-0.05, 0) is 25.3 Å². The normalized spacial score (nSPS) is 11.7. The second-order valence-corrected chi connectivity index (χ2v) is 5.45. The van der Waals surface area contributed by atoms with Crippen molar-refractivity contribution in [1.82, 2.24) is 5.32 Å². The SMILES string of the molecule is CCC(O)(CC)COc1c(C)cccc1CNCCOC. The number of methoxy groups -OCH3 is 1. The maximum absolute atomic E-state index is 10.4. The second-order valence-electron chi connectivity index (χ2n) is 5.45. The molecule has 21 heavy (non-hydrogen) atoms. The smallest absolute Gasteiger partial charge is 0.126 e. The Balaban J connectivity index is 2.71. The molecule has 1 aromatic carbocycles. The predicted octanol–water partition coefficient (Wildman–Crippen LogP) is 2.66. The Bertz CT molecular complexity index is 416. The Morgan fingerprint density at radius 2 is 1.95 bits per heavy atom. The molecule has 0 radical (unpaired) electrons. The van der Waals surface area contributed by atoms with Gasteiger partial charge in [-0.25, -0.2) is 0 Å². The first-order chi connectivity index (χ1) is 10.1. The molecule has 120 valence electrons. The van der Waals surface area contributed by atoms with Crippen molar-refractivity contribution in [3.05, 3.63) is 29.3 Å². The molecule has 0 heterocycles. The van der Waals surface area contributed by atoms with Crippen LogP contribution in [-0.2, 0) is 11.3 Å². The Labute approximate surface area is 128 Å². The Morgan fingerprint density at radius 1 is 1.24 bits per heavy atom. The first-order valence-electron chi connectivity index (χ1n) is 7.69. The summed E-state index contributed by atoms with van der Waals surface area (Å²) in [5.74, 6) is 0.878. The molecule has 0 saturated carbocycles. The van der Waals surface area contributed by atoms with Gasteiger partial charge in [-0.3, -0.25) is 0 Å². The fraction of sp³-hybridized carbons (Fsp3) is 0.647. The van der Waals surface area contributed by atoms with Crippen molar-refractivity contribution in [2.24, 2.45) is 0 Å². The van der Waals surface area contributed by atoms with Gasteiger partial charge in [-0.1, -0.05) is 32.0 Å². The van der Waals surface area contributed by atoms with Crippen molar-refractivity contribution in [2.45, 2.75) is 45.8 Å². The third kappa shape index (κ3) is 5.65.